The Balaban J connectivity index is 1.53. The molecule has 2 saturated carbocycles. The van der Waals surface area contributed by atoms with E-state index in [9.17, 15) is 0 Å². The van der Waals surface area contributed by atoms with E-state index in [1.54, 1.807) is 0 Å². The summed E-state index contributed by atoms with van der Waals surface area (Å²) < 4.78 is 0. The topological polar surface area (TPSA) is 12.0 Å². The Hall–Kier alpha value is -0.0400. The van der Waals surface area contributed by atoms with E-state index in [-0.39, 0.29) is 0 Å². The maximum Gasteiger partial charge on any atom is -0.00204 e. The third-order valence-electron chi connectivity index (χ3n) is 5.13. The molecule has 0 unspecified atom stereocenters. The van der Waals surface area contributed by atoms with Crippen LogP contribution < -0.4 is 5.32 Å². The van der Waals surface area contributed by atoms with E-state index in [1.807, 2.05) is 0 Å². The van der Waals surface area contributed by atoms with Gasteiger partial charge in [-0.25, -0.2) is 0 Å². The smallest absolute Gasteiger partial charge is 0.00204 e. The van der Waals surface area contributed by atoms with Gasteiger partial charge in [0.15, 0.2) is 0 Å². The highest BCUT2D eigenvalue weighted by Gasteiger charge is 2.20. The van der Waals surface area contributed by atoms with E-state index in [4.69, 9.17) is 0 Å². The molecule has 1 heteroatoms. The molecule has 0 heterocycles. The highest BCUT2D eigenvalue weighted by molar-refractivity contribution is 4.74. The van der Waals surface area contributed by atoms with Crippen molar-refractivity contribution >= 4 is 0 Å². The Kier molecular flexibility index (Phi) is 5.84. The first-order chi connectivity index (χ1) is 8.38. The van der Waals surface area contributed by atoms with Crippen molar-refractivity contribution in [3.63, 3.8) is 0 Å². The van der Waals surface area contributed by atoms with Gasteiger partial charge >= 0.3 is 0 Å². The second kappa shape index (κ2) is 7.41. The molecular weight excluding hydrogens is 206 g/mol. The zero-order chi connectivity index (χ0) is 11.9. The predicted octanol–water partition coefficient (Wildman–Crippen LogP) is 4.37. The summed E-state index contributed by atoms with van der Waals surface area (Å²) in [6, 6.07) is 0. The Morgan fingerprint density at radius 1 is 0.706 bits per heavy atom. The molecule has 0 amide bonds. The molecule has 100 valence electrons. The van der Waals surface area contributed by atoms with Crippen LogP contribution in [0, 0.1) is 17.8 Å². The summed E-state index contributed by atoms with van der Waals surface area (Å²) in [6.45, 7) is 4.95. The van der Waals surface area contributed by atoms with Gasteiger partial charge in [0.05, 0.1) is 0 Å². The molecule has 0 aromatic rings. The van der Waals surface area contributed by atoms with Crippen molar-refractivity contribution in [3.05, 3.63) is 0 Å². The lowest BCUT2D eigenvalue weighted by molar-refractivity contribution is 0.254. The molecule has 2 aliphatic rings. The molecule has 0 spiro atoms. The van der Waals surface area contributed by atoms with Gasteiger partial charge in [-0.3, -0.25) is 0 Å². The molecule has 0 aliphatic heterocycles. The molecule has 17 heavy (non-hydrogen) atoms. The molecular formula is C16H31N. The van der Waals surface area contributed by atoms with E-state index in [0.717, 1.165) is 17.8 Å². The van der Waals surface area contributed by atoms with Gasteiger partial charge in [0.1, 0.15) is 0 Å². The molecule has 2 rings (SSSR count). The molecule has 1 nitrogen and oxygen atoms in total. The Morgan fingerprint density at radius 3 is 1.82 bits per heavy atom. The van der Waals surface area contributed by atoms with Gasteiger partial charge in [0.25, 0.3) is 0 Å². The standard InChI is InChI=1S/C16H31N/c1-2-14-8-10-16(11-9-14)13-17-12-15-6-4-3-5-7-15/h14-17H,2-13H2,1H3. The van der Waals surface area contributed by atoms with Crippen LogP contribution >= 0.6 is 0 Å². The van der Waals surface area contributed by atoms with Crippen molar-refractivity contribution in [2.24, 2.45) is 17.8 Å². The van der Waals surface area contributed by atoms with Crippen LogP contribution in [0.1, 0.15) is 71.1 Å². The number of nitrogens with one attached hydrogen (secondary N) is 1. The summed E-state index contributed by atoms with van der Waals surface area (Å²) in [6.07, 6.45) is 14.8. The molecule has 0 bridgehead atoms. The first kappa shape index (κ1) is 13.4. The molecule has 1 N–H and O–H groups in total. The lowest BCUT2D eigenvalue weighted by Gasteiger charge is -2.29. The summed E-state index contributed by atoms with van der Waals surface area (Å²) in [4.78, 5) is 0. The monoisotopic (exact) mass is 237 g/mol. The minimum atomic E-state index is 0.987. The third-order valence-corrected chi connectivity index (χ3v) is 5.13. The average molecular weight is 237 g/mol. The average Bonchev–Trinajstić information content (AvgIpc) is 2.41. The molecule has 0 aromatic carbocycles. The summed E-state index contributed by atoms with van der Waals surface area (Å²) in [5, 5.41) is 3.76. The van der Waals surface area contributed by atoms with Crippen LogP contribution in [0.5, 0.6) is 0 Å². The second-order valence-corrected chi connectivity index (χ2v) is 6.46. The van der Waals surface area contributed by atoms with E-state index in [0.29, 0.717) is 0 Å². The van der Waals surface area contributed by atoms with Crippen molar-refractivity contribution in [3.8, 4) is 0 Å². The molecule has 0 radical (unpaired) electrons. The van der Waals surface area contributed by atoms with E-state index >= 15 is 0 Å². The summed E-state index contributed by atoms with van der Waals surface area (Å²) in [7, 11) is 0. The van der Waals surface area contributed by atoms with Crippen molar-refractivity contribution < 1.29 is 0 Å². The van der Waals surface area contributed by atoms with Gasteiger partial charge in [-0.1, -0.05) is 45.4 Å². The minimum Gasteiger partial charge on any atom is -0.316 e. The van der Waals surface area contributed by atoms with Crippen molar-refractivity contribution in [2.75, 3.05) is 13.1 Å². The lowest BCUT2D eigenvalue weighted by Crippen LogP contribution is -2.31. The van der Waals surface area contributed by atoms with Crippen LogP contribution in [0.25, 0.3) is 0 Å². The lowest BCUT2D eigenvalue weighted by atomic mass is 9.81. The van der Waals surface area contributed by atoms with E-state index < -0.39 is 0 Å². The quantitative estimate of drug-likeness (QED) is 0.748. The van der Waals surface area contributed by atoms with Gasteiger partial charge in [0, 0.05) is 0 Å². The first-order valence-corrected chi connectivity index (χ1v) is 8.09. The van der Waals surface area contributed by atoms with E-state index in [2.05, 4.69) is 12.2 Å². The van der Waals surface area contributed by atoms with Crippen LogP contribution in [0.4, 0.5) is 0 Å². The first-order valence-electron chi connectivity index (χ1n) is 8.09. The van der Waals surface area contributed by atoms with Crippen LogP contribution in [-0.2, 0) is 0 Å². The molecule has 0 aromatic heterocycles. The maximum atomic E-state index is 3.76. The highest BCUT2D eigenvalue weighted by Crippen LogP contribution is 2.30. The Bertz CT molecular complexity index is 188. The SMILES string of the molecule is CCC1CCC(CNCC2CCCCC2)CC1. The van der Waals surface area contributed by atoms with Crippen molar-refractivity contribution in [2.45, 2.75) is 71.1 Å². The molecule has 2 fully saturated rings. The molecule has 0 atom stereocenters. The summed E-state index contributed by atoms with van der Waals surface area (Å²) in [5.74, 6) is 3.03. The van der Waals surface area contributed by atoms with Gasteiger partial charge in [-0.15, -0.1) is 0 Å². The normalized spacial score (nSPS) is 31.6. The van der Waals surface area contributed by atoms with Crippen LogP contribution in [-0.4, -0.2) is 13.1 Å². The van der Waals surface area contributed by atoms with Gasteiger partial charge in [-0.2, -0.15) is 0 Å². The highest BCUT2D eigenvalue weighted by atomic mass is 14.9. The Labute approximate surface area is 108 Å². The summed E-state index contributed by atoms with van der Waals surface area (Å²) in [5.41, 5.74) is 0. The van der Waals surface area contributed by atoms with Crippen LogP contribution in [0.15, 0.2) is 0 Å². The molecule has 2 aliphatic carbocycles. The van der Waals surface area contributed by atoms with Gasteiger partial charge in [-0.05, 0) is 56.5 Å². The second-order valence-electron chi connectivity index (χ2n) is 6.46. The largest absolute Gasteiger partial charge is 0.316 e. The zero-order valence-corrected chi connectivity index (χ0v) is 11.7. The van der Waals surface area contributed by atoms with Crippen LogP contribution in [0.3, 0.4) is 0 Å². The van der Waals surface area contributed by atoms with Gasteiger partial charge < -0.3 is 5.32 Å². The molecule has 0 saturated heterocycles. The minimum absolute atomic E-state index is 0.987. The fourth-order valence-electron chi connectivity index (χ4n) is 3.73. The third kappa shape index (κ3) is 4.62. The van der Waals surface area contributed by atoms with Gasteiger partial charge in [0.2, 0.25) is 0 Å². The van der Waals surface area contributed by atoms with Crippen molar-refractivity contribution in [1.29, 1.82) is 0 Å². The van der Waals surface area contributed by atoms with Crippen molar-refractivity contribution in [1.82, 2.24) is 5.32 Å². The van der Waals surface area contributed by atoms with E-state index in [1.165, 1.54) is 77.3 Å². The maximum absolute atomic E-state index is 3.76. The number of hydrogen-bond donors (Lipinski definition) is 1. The number of hydrogen-bond acceptors (Lipinski definition) is 1. The van der Waals surface area contributed by atoms with Crippen LogP contribution in [0.2, 0.25) is 0 Å². The summed E-state index contributed by atoms with van der Waals surface area (Å²) >= 11 is 0. The number of rotatable bonds is 5. The Morgan fingerprint density at radius 2 is 1.24 bits per heavy atom. The fraction of sp³-hybridized carbons (Fsp3) is 1.00. The predicted molar refractivity (Wildman–Crippen MR) is 75.2 cm³/mol. The fourth-order valence-corrected chi connectivity index (χ4v) is 3.73. The zero-order valence-electron chi connectivity index (χ0n) is 11.7.